The van der Waals surface area contributed by atoms with Crippen LogP contribution >= 0.6 is 11.6 Å². The zero-order valence-electron chi connectivity index (χ0n) is 16.1. The Morgan fingerprint density at radius 1 is 1.17 bits per heavy atom. The monoisotopic (exact) mass is 462 g/mol. The van der Waals surface area contributed by atoms with Gasteiger partial charge in [0.1, 0.15) is 5.75 Å². The van der Waals surface area contributed by atoms with Crippen LogP contribution in [0.15, 0.2) is 47.4 Å². The van der Waals surface area contributed by atoms with Gasteiger partial charge in [0.2, 0.25) is 15.9 Å². The van der Waals surface area contributed by atoms with E-state index in [1.807, 2.05) is 0 Å². The van der Waals surface area contributed by atoms with Crippen molar-refractivity contribution in [2.24, 2.45) is 0 Å². The SMILES string of the molecule is COc1ccc(S(=O)(=O)N(C)C)cc1NC(=O)/C=C/c1ccc(Cl)c(C(F)(F)F)c1. The summed E-state index contributed by atoms with van der Waals surface area (Å²) < 4.78 is 69.5. The molecule has 0 aliphatic rings. The van der Waals surface area contributed by atoms with Gasteiger partial charge in [-0.2, -0.15) is 13.2 Å². The zero-order valence-corrected chi connectivity index (χ0v) is 17.7. The highest BCUT2D eigenvalue weighted by Gasteiger charge is 2.33. The number of anilines is 1. The largest absolute Gasteiger partial charge is 0.495 e. The van der Waals surface area contributed by atoms with Crippen molar-refractivity contribution in [2.45, 2.75) is 11.1 Å². The third kappa shape index (κ3) is 5.53. The number of hydrogen-bond acceptors (Lipinski definition) is 4. The van der Waals surface area contributed by atoms with Crippen LogP contribution < -0.4 is 10.1 Å². The molecule has 0 fully saturated rings. The Labute approximate surface area is 176 Å². The molecule has 162 valence electrons. The standard InChI is InChI=1S/C19H18ClF3N2O4S/c1-25(2)30(27,28)13-6-8-17(29-3)16(11-13)24-18(26)9-5-12-4-7-15(20)14(10-12)19(21,22)23/h4-11H,1-3H3,(H,24,26)/b9-5+. The second-order valence-corrected chi connectivity index (χ2v) is 8.77. The quantitative estimate of drug-likeness (QED) is 0.650. The summed E-state index contributed by atoms with van der Waals surface area (Å²) in [7, 11) is 0.318. The number of alkyl halides is 3. The second kappa shape index (κ2) is 9.07. The summed E-state index contributed by atoms with van der Waals surface area (Å²) >= 11 is 5.57. The van der Waals surface area contributed by atoms with Crippen molar-refractivity contribution < 1.29 is 31.1 Å². The number of amides is 1. The maximum Gasteiger partial charge on any atom is 0.417 e. The smallest absolute Gasteiger partial charge is 0.417 e. The molecule has 0 spiro atoms. The summed E-state index contributed by atoms with van der Waals surface area (Å²) in [6, 6.07) is 7.16. The van der Waals surface area contributed by atoms with Crippen LogP contribution in [0, 0.1) is 0 Å². The van der Waals surface area contributed by atoms with Crippen molar-refractivity contribution in [3.63, 3.8) is 0 Å². The van der Waals surface area contributed by atoms with E-state index in [-0.39, 0.29) is 21.9 Å². The molecule has 30 heavy (non-hydrogen) atoms. The molecule has 0 unspecified atom stereocenters. The number of sulfonamides is 1. The molecule has 2 rings (SSSR count). The summed E-state index contributed by atoms with van der Waals surface area (Å²) in [4.78, 5) is 12.2. The molecule has 2 aromatic rings. The Morgan fingerprint density at radius 2 is 1.83 bits per heavy atom. The van der Waals surface area contributed by atoms with Crippen molar-refractivity contribution in [1.29, 1.82) is 0 Å². The van der Waals surface area contributed by atoms with Crippen molar-refractivity contribution in [2.75, 3.05) is 26.5 Å². The number of carbonyl (C=O) groups excluding carboxylic acids is 1. The maximum atomic E-state index is 12.9. The molecule has 0 bridgehead atoms. The number of ether oxygens (including phenoxy) is 1. The van der Waals surface area contributed by atoms with E-state index in [4.69, 9.17) is 16.3 Å². The first kappa shape index (κ1) is 23.7. The molecule has 0 aliphatic heterocycles. The van der Waals surface area contributed by atoms with E-state index in [2.05, 4.69) is 5.32 Å². The van der Waals surface area contributed by atoms with Crippen LogP contribution in [0.25, 0.3) is 6.08 Å². The predicted octanol–water partition coefficient (Wildman–Crippen LogP) is 4.27. The molecule has 0 aromatic heterocycles. The Kier molecular flexibility index (Phi) is 7.17. The lowest BCUT2D eigenvalue weighted by Gasteiger charge is -2.14. The van der Waals surface area contributed by atoms with Gasteiger partial charge < -0.3 is 10.1 Å². The number of rotatable bonds is 6. The molecule has 0 saturated heterocycles. The molecular formula is C19H18ClF3N2O4S. The minimum atomic E-state index is -4.63. The summed E-state index contributed by atoms with van der Waals surface area (Å²) in [5.74, 6) is -0.489. The van der Waals surface area contributed by atoms with Crippen LogP contribution in [0.2, 0.25) is 5.02 Å². The van der Waals surface area contributed by atoms with Gasteiger partial charge in [-0.05, 0) is 42.0 Å². The lowest BCUT2D eigenvalue weighted by atomic mass is 10.1. The number of methoxy groups -OCH3 is 1. The fraction of sp³-hybridized carbons (Fsp3) is 0.211. The number of hydrogen-bond donors (Lipinski definition) is 1. The number of halogens is 4. The molecule has 1 amide bonds. The molecular weight excluding hydrogens is 445 g/mol. The summed E-state index contributed by atoms with van der Waals surface area (Å²) in [5, 5.41) is 2.01. The molecule has 0 atom stereocenters. The Bertz CT molecular complexity index is 1080. The normalized spacial score (nSPS) is 12.4. The van der Waals surface area contributed by atoms with Gasteiger partial charge in [0.25, 0.3) is 0 Å². The fourth-order valence-electron chi connectivity index (χ4n) is 2.37. The average molecular weight is 463 g/mol. The van der Waals surface area contributed by atoms with E-state index in [9.17, 15) is 26.4 Å². The van der Waals surface area contributed by atoms with Crippen LogP contribution in [0.4, 0.5) is 18.9 Å². The molecule has 1 N–H and O–H groups in total. The van der Waals surface area contributed by atoms with E-state index < -0.39 is 32.7 Å². The van der Waals surface area contributed by atoms with Gasteiger partial charge in [-0.25, -0.2) is 12.7 Å². The van der Waals surface area contributed by atoms with Gasteiger partial charge in [0.15, 0.2) is 0 Å². The second-order valence-electron chi connectivity index (χ2n) is 6.21. The van der Waals surface area contributed by atoms with Crippen molar-refractivity contribution in [3.8, 4) is 5.75 Å². The van der Waals surface area contributed by atoms with Crippen LogP contribution in [-0.4, -0.2) is 39.8 Å². The fourth-order valence-corrected chi connectivity index (χ4v) is 3.52. The van der Waals surface area contributed by atoms with Crippen molar-refractivity contribution >= 4 is 39.3 Å². The van der Waals surface area contributed by atoms with Gasteiger partial charge in [-0.3, -0.25) is 4.79 Å². The minimum absolute atomic E-state index is 0.0694. The topological polar surface area (TPSA) is 75.7 Å². The van der Waals surface area contributed by atoms with E-state index in [0.717, 1.165) is 22.5 Å². The first-order valence-corrected chi connectivity index (χ1v) is 10.1. The summed E-state index contributed by atoms with van der Waals surface area (Å²) in [6.45, 7) is 0. The van der Waals surface area contributed by atoms with Crippen LogP contribution in [0.5, 0.6) is 5.75 Å². The van der Waals surface area contributed by atoms with E-state index in [1.165, 1.54) is 51.5 Å². The molecule has 2 aromatic carbocycles. The number of benzene rings is 2. The third-order valence-electron chi connectivity index (χ3n) is 3.93. The first-order chi connectivity index (χ1) is 13.9. The third-order valence-corrected chi connectivity index (χ3v) is 6.07. The first-order valence-electron chi connectivity index (χ1n) is 8.32. The van der Waals surface area contributed by atoms with Gasteiger partial charge in [0.05, 0.1) is 28.3 Å². The van der Waals surface area contributed by atoms with Crippen LogP contribution in [0.1, 0.15) is 11.1 Å². The predicted molar refractivity (Wildman–Crippen MR) is 108 cm³/mol. The molecule has 0 aliphatic carbocycles. The molecule has 0 heterocycles. The minimum Gasteiger partial charge on any atom is -0.495 e. The molecule has 0 radical (unpaired) electrons. The van der Waals surface area contributed by atoms with Gasteiger partial charge in [0, 0.05) is 20.2 Å². The van der Waals surface area contributed by atoms with Gasteiger partial charge in [-0.1, -0.05) is 17.7 Å². The Balaban J connectivity index is 2.28. The average Bonchev–Trinajstić information content (AvgIpc) is 2.66. The Hall–Kier alpha value is -2.56. The highest BCUT2D eigenvalue weighted by Crippen LogP contribution is 2.35. The highest BCUT2D eigenvalue weighted by molar-refractivity contribution is 7.89. The molecule has 6 nitrogen and oxygen atoms in total. The van der Waals surface area contributed by atoms with Crippen molar-refractivity contribution in [1.82, 2.24) is 4.31 Å². The Morgan fingerprint density at radius 3 is 2.40 bits per heavy atom. The van der Waals surface area contributed by atoms with Gasteiger partial charge in [-0.15, -0.1) is 0 Å². The lowest BCUT2D eigenvalue weighted by molar-refractivity contribution is -0.137. The highest BCUT2D eigenvalue weighted by atomic mass is 35.5. The number of carbonyl (C=O) groups is 1. The van der Waals surface area contributed by atoms with E-state index >= 15 is 0 Å². The van der Waals surface area contributed by atoms with Crippen molar-refractivity contribution in [3.05, 3.63) is 58.6 Å². The summed E-state index contributed by atoms with van der Waals surface area (Å²) in [5.41, 5.74) is -0.824. The van der Waals surface area contributed by atoms with E-state index in [0.29, 0.717) is 0 Å². The van der Waals surface area contributed by atoms with Crippen LogP contribution in [-0.2, 0) is 21.0 Å². The maximum absolute atomic E-state index is 12.9. The van der Waals surface area contributed by atoms with E-state index in [1.54, 1.807) is 0 Å². The zero-order chi connectivity index (χ0) is 22.7. The number of nitrogens with one attached hydrogen (secondary N) is 1. The lowest BCUT2D eigenvalue weighted by Crippen LogP contribution is -2.22. The molecule has 0 saturated carbocycles. The van der Waals surface area contributed by atoms with Gasteiger partial charge >= 0.3 is 6.18 Å². The van der Waals surface area contributed by atoms with Crippen LogP contribution in [0.3, 0.4) is 0 Å². The molecule has 11 heteroatoms. The summed E-state index contributed by atoms with van der Waals surface area (Å²) in [6.07, 6.45) is -2.45. The number of nitrogens with zero attached hydrogens (tertiary/aromatic N) is 1.